The lowest BCUT2D eigenvalue weighted by Gasteiger charge is -2.35. The molecule has 21 heavy (non-hydrogen) atoms. The van der Waals surface area contributed by atoms with Crippen molar-refractivity contribution in [2.45, 2.75) is 18.4 Å². The summed E-state index contributed by atoms with van der Waals surface area (Å²) in [5.41, 5.74) is -1.27. The van der Waals surface area contributed by atoms with Crippen LogP contribution in [-0.4, -0.2) is 64.4 Å². The maximum absolute atomic E-state index is 12.3. The molecule has 2 rings (SSSR count). The Kier molecular flexibility index (Phi) is 4.54. The van der Waals surface area contributed by atoms with E-state index in [1.807, 2.05) is 0 Å². The average molecular weight is 294 g/mol. The monoisotopic (exact) mass is 294 g/mol. The molecule has 114 valence electrons. The molecule has 0 aromatic carbocycles. The Labute approximate surface area is 122 Å². The third-order valence-electron chi connectivity index (χ3n) is 3.54. The van der Waals surface area contributed by atoms with Crippen molar-refractivity contribution in [2.75, 3.05) is 26.8 Å². The van der Waals surface area contributed by atoms with Crippen LogP contribution in [0.25, 0.3) is 0 Å². The second-order valence-electron chi connectivity index (χ2n) is 5.20. The highest BCUT2D eigenvalue weighted by Gasteiger charge is 2.33. The number of carbonyl (C=O) groups is 2. The summed E-state index contributed by atoms with van der Waals surface area (Å²) >= 11 is 0. The van der Waals surface area contributed by atoms with Crippen LogP contribution in [0.4, 0.5) is 0 Å². The van der Waals surface area contributed by atoms with Gasteiger partial charge in [-0.25, -0.2) is 4.79 Å². The fourth-order valence-electron chi connectivity index (χ4n) is 2.35. The van der Waals surface area contributed by atoms with Crippen molar-refractivity contribution in [3.63, 3.8) is 0 Å². The quantitative estimate of drug-likeness (QED) is 0.833. The molecule has 1 aromatic rings. The normalized spacial score (nSPS) is 17.2. The summed E-state index contributed by atoms with van der Waals surface area (Å²) in [5, 5.41) is 19.5. The molecule has 7 heteroatoms. The lowest BCUT2D eigenvalue weighted by atomic mass is 9.94. The zero-order valence-electron chi connectivity index (χ0n) is 11.8. The lowest BCUT2D eigenvalue weighted by molar-refractivity contribution is -0.0734. The Morgan fingerprint density at radius 1 is 1.43 bits per heavy atom. The number of carboxylic acid groups (broad SMARTS) is 1. The third kappa shape index (κ3) is 3.56. The molecule has 0 radical (unpaired) electrons. The molecule has 1 aliphatic rings. The molecule has 2 N–H and O–H groups in total. The van der Waals surface area contributed by atoms with Gasteiger partial charge in [0.2, 0.25) is 0 Å². The molecule has 2 heterocycles. The smallest absolute Gasteiger partial charge is 0.338 e. The van der Waals surface area contributed by atoms with Crippen LogP contribution in [0.1, 0.15) is 33.7 Å². The minimum absolute atomic E-state index is 0.116. The van der Waals surface area contributed by atoms with Crippen LogP contribution in [0.5, 0.6) is 0 Å². The van der Waals surface area contributed by atoms with Crippen molar-refractivity contribution in [2.24, 2.45) is 0 Å². The SMILES string of the molecule is CN(CC1(O)CCOCC1)C(=O)c1ncccc1C(=O)O. The van der Waals surface area contributed by atoms with Crippen molar-refractivity contribution < 1.29 is 24.5 Å². The molecule has 0 atom stereocenters. The number of carbonyl (C=O) groups excluding carboxylic acids is 1. The van der Waals surface area contributed by atoms with Crippen LogP contribution in [0, 0.1) is 0 Å². The van der Waals surface area contributed by atoms with Crippen molar-refractivity contribution in [1.29, 1.82) is 0 Å². The molecule has 7 nitrogen and oxygen atoms in total. The Morgan fingerprint density at radius 3 is 2.71 bits per heavy atom. The van der Waals surface area contributed by atoms with E-state index in [9.17, 15) is 14.7 Å². The van der Waals surface area contributed by atoms with Crippen LogP contribution in [0.2, 0.25) is 0 Å². The van der Waals surface area contributed by atoms with E-state index in [1.54, 1.807) is 0 Å². The van der Waals surface area contributed by atoms with Crippen molar-refractivity contribution in [3.8, 4) is 0 Å². The Bertz CT molecular complexity index is 540. The summed E-state index contributed by atoms with van der Waals surface area (Å²) < 4.78 is 5.19. The van der Waals surface area contributed by atoms with E-state index in [-0.39, 0.29) is 17.8 Å². The molecular weight excluding hydrogens is 276 g/mol. The number of likely N-dealkylation sites (N-methyl/N-ethyl adjacent to an activating group) is 1. The summed E-state index contributed by atoms with van der Waals surface area (Å²) in [5.74, 6) is -1.72. The number of carboxylic acids is 1. The van der Waals surface area contributed by atoms with Gasteiger partial charge in [-0.1, -0.05) is 0 Å². The molecule has 0 spiro atoms. The fraction of sp³-hybridized carbons (Fsp3) is 0.500. The highest BCUT2D eigenvalue weighted by molar-refractivity contribution is 6.03. The molecule has 1 amide bonds. The predicted molar refractivity (Wildman–Crippen MR) is 73.2 cm³/mol. The zero-order chi connectivity index (χ0) is 15.5. The Balaban J connectivity index is 2.14. The Hall–Kier alpha value is -1.99. The van der Waals surface area contributed by atoms with Gasteiger partial charge in [-0.05, 0) is 12.1 Å². The molecule has 1 aromatic heterocycles. The first-order valence-electron chi connectivity index (χ1n) is 6.67. The molecule has 0 aliphatic carbocycles. The van der Waals surface area contributed by atoms with Crippen molar-refractivity contribution in [1.82, 2.24) is 9.88 Å². The van der Waals surface area contributed by atoms with Crippen LogP contribution >= 0.6 is 0 Å². The molecule has 1 aliphatic heterocycles. The number of aromatic carboxylic acids is 1. The van der Waals surface area contributed by atoms with Crippen LogP contribution in [-0.2, 0) is 4.74 Å². The second-order valence-corrected chi connectivity index (χ2v) is 5.20. The summed E-state index contributed by atoms with van der Waals surface area (Å²) in [6.45, 7) is 1.01. The van der Waals surface area contributed by atoms with E-state index in [0.29, 0.717) is 26.1 Å². The van der Waals surface area contributed by atoms with Gasteiger partial charge in [0.15, 0.2) is 0 Å². The van der Waals surface area contributed by atoms with Gasteiger partial charge in [0.25, 0.3) is 5.91 Å². The van der Waals surface area contributed by atoms with E-state index in [0.717, 1.165) is 0 Å². The largest absolute Gasteiger partial charge is 0.478 e. The van der Waals surface area contributed by atoms with E-state index in [2.05, 4.69) is 4.98 Å². The lowest BCUT2D eigenvalue weighted by Crippen LogP contribution is -2.47. The first kappa shape index (κ1) is 15.4. The predicted octanol–water partition coefficient (Wildman–Crippen LogP) is 0.393. The van der Waals surface area contributed by atoms with Gasteiger partial charge in [0, 0.05) is 45.8 Å². The number of rotatable bonds is 4. The highest BCUT2D eigenvalue weighted by atomic mass is 16.5. The van der Waals surface area contributed by atoms with Gasteiger partial charge in [-0.3, -0.25) is 9.78 Å². The molecule has 0 bridgehead atoms. The van der Waals surface area contributed by atoms with E-state index in [1.165, 1.54) is 30.3 Å². The Morgan fingerprint density at radius 2 is 2.10 bits per heavy atom. The van der Waals surface area contributed by atoms with Crippen LogP contribution in [0.15, 0.2) is 18.3 Å². The standard InChI is InChI=1S/C14H18N2O5/c1-16(9-14(20)4-7-21-8-5-14)12(17)11-10(13(18)19)3-2-6-15-11/h2-3,6,20H,4-5,7-9H2,1H3,(H,18,19). The van der Waals surface area contributed by atoms with Crippen LogP contribution < -0.4 is 0 Å². The highest BCUT2D eigenvalue weighted by Crippen LogP contribution is 2.22. The number of aromatic nitrogens is 1. The molecule has 1 fully saturated rings. The zero-order valence-corrected chi connectivity index (χ0v) is 11.8. The number of aliphatic hydroxyl groups is 1. The minimum atomic E-state index is -1.20. The van der Waals surface area contributed by atoms with E-state index >= 15 is 0 Å². The topological polar surface area (TPSA) is 100.0 Å². The minimum Gasteiger partial charge on any atom is -0.478 e. The van der Waals surface area contributed by atoms with E-state index < -0.39 is 17.5 Å². The number of hydrogen-bond donors (Lipinski definition) is 2. The molecule has 0 unspecified atom stereocenters. The molecular formula is C14H18N2O5. The number of hydrogen-bond acceptors (Lipinski definition) is 5. The van der Waals surface area contributed by atoms with Gasteiger partial charge in [0.05, 0.1) is 11.2 Å². The number of nitrogens with zero attached hydrogens (tertiary/aromatic N) is 2. The van der Waals surface area contributed by atoms with Gasteiger partial charge in [-0.2, -0.15) is 0 Å². The molecule has 0 saturated carbocycles. The average Bonchev–Trinajstić information content (AvgIpc) is 2.46. The first-order chi connectivity index (χ1) is 9.93. The summed E-state index contributed by atoms with van der Waals surface area (Å²) in [7, 11) is 1.52. The second kappa shape index (κ2) is 6.19. The van der Waals surface area contributed by atoms with Gasteiger partial charge >= 0.3 is 5.97 Å². The van der Waals surface area contributed by atoms with Crippen molar-refractivity contribution in [3.05, 3.63) is 29.6 Å². The molecule has 1 saturated heterocycles. The summed E-state index contributed by atoms with van der Waals surface area (Å²) in [6, 6.07) is 2.80. The maximum Gasteiger partial charge on any atom is 0.338 e. The van der Waals surface area contributed by atoms with Gasteiger partial charge in [-0.15, -0.1) is 0 Å². The number of ether oxygens (including phenoxy) is 1. The van der Waals surface area contributed by atoms with Gasteiger partial charge in [0.1, 0.15) is 5.69 Å². The number of pyridine rings is 1. The number of amides is 1. The third-order valence-corrected chi connectivity index (χ3v) is 3.54. The summed E-state index contributed by atoms with van der Waals surface area (Å²) in [4.78, 5) is 28.6. The van der Waals surface area contributed by atoms with Crippen LogP contribution in [0.3, 0.4) is 0 Å². The first-order valence-corrected chi connectivity index (χ1v) is 6.67. The fourth-order valence-corrected chi connectivity index (χ4v) is 2.35. The van der Waals surface area contributed by atoms with E-state index in [4.69, 9.17) is 9.84 Å². The van der Waals surface area contributed by atoms with Gasteiger partial charge < -0.3 is 19.8 Å². The maximum atomic E-state index is 12.3. The van der Waals surface area contributed by atoms with Crippen molar-refractivity contribution >= 4 is 11.9 Å². The summed E-state index contributed by atoms with van der Waals surface area (Å²) in [6.07, 6.45) is 2.26.